The van der Waals surface area contributed by atoms with Crippen molar-refractivity contribution in [3.63, 3.8) is 0 Å². The summed E-state index contributed by atoms with van der Waals surface area (Å²) in [4.78, 5) is 16.6. The standard InChI is InChI=1S/C22H22F2N6O/c23-21(24)18-13-29-19(5-3-6-20(29)27-18)25-14-7-9-15(10-8-14)26-22(31)17-12-16-4-1-2-11-30(16)28-17/h1-6,11-15,21,25H,7-10H2,(H,26,31)/t14-,15+. The third-order valence-corrected chi connectivity index (χ3v) is 5.75. The molecule has 5 rings (SSSR count). The Hall–Kier alpha value is -3.49. The number of anilines is 1. The van der Waals surface area contributed by atoms with Gasteiger partial charge in [-0.15, -0.1) is 0 Å². The fraction of sp³-hybridized carbons (Fsp3) is 0.318. The molecule has 1 aliphatic carbocycles. The second kappa shape index (κ2) is 7.98. The Morgan fingerprint density at radius 3 is 2.65 bits per heavy atom. The van der Waals surface area contributed by atoms with E-state index in [2.05, 4.69) is 20.7 Å². The molecule has 0 unspecified atom stereocenters. The summed E-state index contributed by atoms with van der Waals surface area (Å²) >= 11 is 0. The fourth-order valence-corrected chi connectivity index (χ4v) is 4.15. The van der Waals surface area contributed by atoms with Gasteiger partial charge in [0.25, 0.3) is 12.3 Å². The largest absolute Gasteiger partial charge is 0.368 e. The molecule has 1 fully saturated rings. The smallest absolute Gasteiger partial charge is 0.281 e. The first-order chi connectivity index (χ1) is 15.1. The maximum atomic E-state index is 13.0. The SMILES string of the molecule is O=C(N[C@H]1CC[C@@H](Nc2cccc3nc(C(F)F)cn23)CC1)c1cc2ccccn2n1. The number of amides is 1. The molecule has 4 aromatic heterocycles. The van der Waals surface area contributed by atoms with Crippen molar-refractivity contribution in [2.75, 3.05) is 5.32 Å². The Morgan fingerprint density at radius 2 is 1.87 bits per heavy atom. The van der Waals surface area contributed by atoms with Crippen LogP contribution in [0.25, 0.3) is 11.2 Å². The van der Waals surface area contributed by atoms with Crippen LogP contribution in [0.1, 0.15) is 48.3 Å². The van der Waals surface area contributed by atoms with Gasteiger partial charge in [-0.2, -0.15) is 5.10 Å². The molecule has 7 nitrogen and oxygen atoms in total. The molecule has 1 aliphatic rings. The highest BCUT2D eigenvalue weighted by Crippen LogP contribution is 2.25. The van der Waals surface area contributed by atoms with Gasteiger partial charge in [-0.1, -0.05) is 12.1 Å². The molecule has 0 aliphatic heterocycles. The summed E-state index contributed by atoms with van der Waals surface area (Å²) < 4.78 is 29.3. The van der Waals surface area contributed by atoms with Gasteiger partial charge in [0, 0.05) is 24.5 Å². The summed E-state index contributed by atoms with van der Waals surface area (Å²) in [7, 11) is 0. The van der Waals surface area contributed by atoms with Crippen LogP contribution in [0.3, 0.4) is 0 Å². The molecule has 0 atom stereocenters. The fourth-order valence-electron chi connectivity index (χ4n) is 4.15. The number of aromatic nitrogens is 4. The molecule has 1 saturated carbocycles. The topological polar surface area (TPSA) is 75.7 Å². The highest BCUT2D eigenvalue weighted by Gasteiger charge is 2.24. The maximum Gasteiger partial charge on any atom is 0.281 e. The minimum Gasteiger partial charge on any atom is -0.368 e. The molecule has 160 valence electrons. The number of carbonyl (C=O) groups is 1. The van der Waals surface area contributed by atoms with Crippen molar-refractivity contribution in [1.82, 2.24) is 24.3 Å². The van der Waals surface area contributed by atoms with Crippen LogP contribution >= 0.6 is 0 Å². The maximum absolute atomic E-state index is 13.0. The molecular weight excluding hydrogens is 402 g/mol. The number of alkyl halides is 2. The highest BCUT2D eigenvalue weighted by molar-refractivity contribution is 5.93. The van der Waals surface area contributed by atoms with Gasteiger partial charge in [0.1, 0.15) is 17.2 Å². The van der Waals surface area contributed by atoms with Crippen LogP contribution in [-0.4, -0.2) is 37.0 Å². The summed E-state index contributed by atoms with van der Waals surface area (Å²) in [5.41, 5.74) is 1.55. The van der Waals surface area contributed by atoms with Crippen LogP contribution in [0.2, 0.25) is 0 Å². The second-order valence-electron chi connectivity index (χ2n) is 7.87. The van der Waals surface area contributed by atoms with Gasteiger partial charge in [0.2, 0.25) is 0 Å². The van der Waals surface area contributed by atoms with E-state index in [1.807, 2.05) is 30.5 Å². The van der Waals surface area contributed by atoms with E-state index >= 15 is 0 Å². The summed E-state index contributed by atoms with van der Waals surface area (Å²) in [5.74, 6) is 0.580. The molecule has 31 heavy (non-hydrogen) atoms. The summed E-state index contributed by atoms with van der Waals surface area (Å²) in [5, 5.41) is 10.9. The first kappa shape index (κ1) is 19.5. The lowest BCUT2D eigenvalue weighted by Gasteiger charge is -2.30. The van der Waals surface area contributed by atoms with E-state index in [1.54, 1.807) is 27.1 Å². The number of nitrogens with zero attached hydrogens (tertiary/aromatic N) is 4. The third-order valence-electron chi connectivity index (χ3n) is 5.75. The lowest BCUT2D eigenvalue weighted by molar-refractivity contribution is 0.0921. The molecule has 2 N–H and O–H groups in total. The number of imidazole rings is 1. The number of fused-ring (bicyclic) bond motifs is 2. The van der Waals surface area contributed by atoms with Crippen molar-refractivity contribution < 1.29 is 13.6 Å². The first-order valence-electron chi connectivity index (χ1n) is 10.3. The minimum atomic E-state index is -2.60. The van der Waals surface area contributed by atoms with Crippen LogP contribution in [0.4, 0.5) is 14.6 Å². The van der Waals surface area contributed by atoms with Crippen molar-refractivity contribution >= 4 is 22.9 Å². The van der Waals surface area contributed by atoms with Crippen LogP contribution in [-0.2, 0) is 0 Å². The normalized spacial score (nSPS) is 19.2. The Kier molecular flexibility index (Phi) is 5.01. The van der Waals surface area contributed by atoms with Crippen LogP contribution in [0.5, 0.6) is 0 Å². The van der Waals surface area contributed by atoms with Crippen molar-refractivity contribution in [3.05, 3.63) is 66.2 Å². The predicted molar refractivity (Wildman–Crippen MR) is 112 cm³/mol. The zero-order chi connectivity index (χ0) is 21.4. The van der Waals surface area contributed by atoms with E-state index in [-0.39, 0.29) is 23.7 Å². The van der Waals surface area contributed by atoms with E-state index in [9.17, 15) is 13.6 Å². The lowest BCUT2D eigenvalue weighted by atomic mass is 9.91. The van der Waals surface area contributed by atoms with E-state index < -0.39 is 6.43 Å². The number of carbonyl (C=O) groups excluding carboxylic acids is 1. The van der Waals surface area contributed by atoms with E-state index in [0.717, 1.165) is 37.0 Å². The Labute approximate surface area is 177 Å². The molecular formula is C22H22F2N6O. The van der Waals surface area contributed by atoms with Gasteiger partial charge in [-0.25, -0.2) is 18.3 Å². The lowest BCUT2D eigenvalue weighted by Crippen LogP contribution is -2.40. The Balaban J connectivity index is 1.20. The van der Waals surface area contributed by atoms with Crippen molar-refractivity contribution in [2.24, 2.45) is 0 Å². The predicted octanol–water partition coefficient (Wildman–Crippen LogP) is 4.07. The van der Waals surface area contributed by atoms with Crippen LogP contribution < -0.4 is 10.6 Å². The highest BCUT2D eigenvalue weighted by atomic mass is 19.3. The average Bonchev–Trinajstić information content (AvgIpc) is 3.40. The Morgan fingerprint density at radius 1 is 1.06 bits per heavy atom. The zero-order valence-electron chi connectivity index (χ0n) is 16.7. The van der Waals surface area contributed by atoms with Gasteiger partial charge >= 0.3 is 0 Å². The average molecular weight is 424 g/mol. The number of nitrogens with one attached hydrogen (secondary N) is 2. The number of halogens is 2. The van der Waals surface area contributed by atoms with E-state index in [1.165, 1.54) is 6.20 Å². The summed E-state index contributed by atoms with van der Waals surface area (Å²) in [6, 6.07) is 13.1. The molecule has 0 spiro atoms. The van der Waals surface area contributed by atoms with Gasteiger partial charge in [-0.05, 0) is 56.0 Å². The van der Waals surface area contributed by atoms with E-state index in [4.69, 9.17) is 0 Å². The van der Waals surface area contributed by atoms with Gasteiger partial charge in [-0.3, -0.25) is 9.20 Å². The molecule has 4 heterocycles. The summed E-state index contributed by atoms with van der Waals surface area (Å²) in [6.45, 7) is 0. The van der Waals surface area contributed by atoms with Gasteiger partial charge < -0.3 is 10.6 Å². The molecule has 0 aromatic carbocycles. The molecule has 9 heteroatoms. The molecule has 0 saturated heterocycles. The number of pyridine rings is 2. The number of rotatable bonds is 5. The summed E-state index contributed by atoms with van der Waals surface area (Å²) in [6.07, 6.45) is 3.99. The van der Waals surface area contributed by atoms with Crippen molar-refractivity contribution in [2.45, 2.75) is 44.2 Å². The van der Waals surface area contributed by atoms with E-state index in [0.29, 0.717) is 11.3 Å². The molecule has 4 aromatic rings. The molecule has 1 amide bonds. The van der Waals surface area contributed by atoms with Crippen LogP contribution in [0.15, 0.2) is 54.9 Å². The number of hydrogen-bond donors (Lipinski definition) is 2. The quantitative estimate of drug-likeness (QED) is 0.506. The van der Waals surface area contributed by atoms with Gasteiger partial charge in [0.05, 0.1) is 5.52 Å². The second-order valence-corrected chi connectivity index (χ2v) is 7.87. The third kappa shape index (κ3) is 3.95. The van der Waals surface area contributed by atoms with Crippen molar-refractivity contribution in [3.8, 4) is 0 Å². The zero-order valence-corrected chi connectivity index (χ0v) is 16.7. The minimum absolute atomic E-state index is 0.0878. The van der Waals surface area contributed by atoms with Crippen LogP contribution in [0, 0.1) is 0 Å². The molecule has 0 radical (unpaired) electrons. The Bertz CT molecular complexity index is 1190. The molecule has 0 bridgehead atoms. The van der Waals surface area contributed by atoms with Gasteiger partial charge in [0.15, 0.2) is 5.69 Å². The number of hydrogen-bond acceptors (Lipinski definition) is 4. The first-order valence-corrected chi connectivity index (χ1v) is 10.3. The monoisotopic (exact) mass is 424 g/mol. The van der Waals surface area contributed by atoms with Crippen molar-refractivity contribution in [1.29, 1.82) is 0 Å².